The van der Waals surface area contributed by atoms with Crippen LogP contribution in [0.25, 0.3) is 11.0 Å². The molecule has 1 aromatic heterocycles. The van der Waals surface area contributed by atoms with E-state index in [1.165, 1.54) is 39.5 Å². The zero-order valence-electron chi connectivity index (χ0n) is 36.9. The zero-order valence-corrected chi connectivity index (χ0v) is 39.2. The first kappa shape index (κ1) is 49.3. The number of ether oxygens (including phenoxy) is 4. The molecule has 0 saturated heterocycles. The number of amides is 3. The highest BCUT2D eigenvalue weighted by molar-refractivity contribution is 7.92. The van der Waals surface area contributed by atoms with Gasteiger partial charge in [-0.2, -0.15) is 5.10 Å². The number of aromatic nitrogens is 2. The van der Waals surface area contributed by atoms with Crippen LogP contribution >= 0.6 is 23.2 Å². The Labute approximate surface area is 392 Å². The zero-order chi connectivity index (χ0) is 47.4. The van der Waals surface area contributed by atoms with E-state index in [1.807, 2.05) is 13.8 Å². The lowest BCUT2D eigenvalue weighted by Crippen LogP contribution is -2.34. The number of hydrogen-bond acceptors (Lipinski definition) is 12. The minimum absolute atomic E-state index is 0.00820. The number of sulfonamides is 1. The van der Waals surface area contributed by atoms with E-state index in [2.05, 4.69) is 25.8 Å². The summed E-state index contributed by atoms with van der Waals surface area (Å²) in [6.45, 7) is 5.63. The number of rotatable bonds is 22. The van der Waals surface area contributed by atoms with Gasteiger partial charge in [0.05, 0.1) is 70.3 Å². The standard InChI is InChI=1S/C45H52Cl2N8O10S/c1-5-18-64-32-10-7-11-33(24-32)65-40-26-39-38(53(3)45(59)54(39)4)25-37(40)52-66(60,61)34-12-6-9-30(22-34)44(58)49-17-19-62-20-21-63-28-42(57)48-16-8-13-41(56)50-43-29(2)27-55(51-43)31-14-15-35(46)36(47)23-31/h6-7,9-12,14-15,22-26,29,52H,5,8,13,16-21,27-28H2,1-4H3,(H,48,57)(H,49,58)(H,50,51,56). The number of amidine groups is 1. The summed E-state index contributed by atoms with van der Waals surface area (Å²) in [5.74, 6) is 0.563. The number of benzene rings is 4. The van der Waals surface area contributed by atoms with Gasteiger partial charge in [0.25, 0.3) is 15.9 Å². The van der Waals surface area contributed by atoms with Gasteiger partial charge in [0.2, 0.25) is 11.8 Å². The Bertz CT molecular complexity index is 2760. The lowest BCUT2D eigenvalue weighted by atomic mass is 10.1. The number of nitrogens with zero attached hydrogens (tertiary/aromatic N) is 4. The van der Waals surface area contributed by atoms with Crippen LogP contribution in [0.5, 0.6) is 17.2 Å². The molecule has 1 atom stereocenters. The molecule has 0 bridgehead atoms. The SMILES string of the molecule is CCCOc1cccc(Oc2cc3c(cc2NS(=O)(=O)c2cccc(C(=O)NCCOCCOCC(=O)NCCCC(=O)NC4=NN(c5ccc(Cl)c(Cl)c5)CC4C)c2)n(C)c(=O)n3C)c1. The van der Waals surface area contributed by atoms with Crippen molar-refractivity contribution in [3.8, 4) is 17.2 Å². The molecule has 0 aliphatic carbocycles. The molecule has 0 saturated carbocycles. The van der Waals surface area contributed by atoms with Gasteiger partial charge < -0.3 is 34.9 Å². The summed E-state index contributed by atoms with van der Waals surface area (Å²) in [6.07, 6.45) is 1.41. The minimum Gasteiger partial charge on any atom is -0.493 e. The second-order valence-corrected chi connectivity index (χ2v) is 17.8. The molecule has 1 unspecified atom stereocenters. The van der Waals surface area contributed by atoms with Gasteiger partial charge in [-0.05, 0) is 67.4 Å². The molecule has 1 aliphatic rings. The number of imidazole rings is 1. The van der Waals surface area contributed by atoms with Crippen LogP contribution in [0, 0.1) is 5.92 Å². The van der Waals surface area contributed by atoms with E-state index >= 15 is 0 Å². The van der Waals surface area contributed by atoms with Crippen molar-refractivity contribution < 1.29 is 41.7 Å². The molecular weight excluding hydrogens is 916 g/mol. The van der Waals surface area contributed by atoms with Crippen molar-refractivity contribution in [2.45, 2.75) is 38.0 Å². The fourth-order valence-corrected chi connectivity index (χ4v) is 8.10. The third kappa shape index (κ3) is 13.0. The first-order valence-corrected chi connectivity index (χ1v) is 23.4. The van der Waals surface area contributed by atoms with E-state index < -0.39 is 15.9 Å². The van der Waals surface area contributed by atoms with Gasteiger partial charge in [-0.15, -0.1) is 0 Å². The third-order valence-corrected chi connectivity index (χ3v) is 12.3. The van der Waals surface area contributed by atoms with Gasteiger partial charge >= 0.3 is 5.69 Å². The highest BCUT2D eigenvalue weighted by atomic mass is 35.5. The molecule has 66 heavy (non-hydrogen) atoms. The summed E-state index contributed by atoms with van der Waals surface area (Å²) in [7, 11) is -1.09. The topological polar surface area (TPSA) is 213 Å². The maximum absolute atomic E-state index is 13.8. The molecule has 0 radical (unpaired) electrons. The maximum Gasteiger partial charge on any atom is 0.328 e. The monoisotopic (exact) mass is 966 g/mol. The van der Waals surface area contributed by atoms with Gasteiger partial charge in [-0.25, -0.2) is 13.2 Å². The van der Waals surface area contributed by atoms with E-state index in [9.17, 15) is 27.6 Å². The summed E-state index contributed by atoms with van der Waals surface area (Å²) in [6, 6.07) is 20.8. The molecule has 18 nitrogen and oxygen atoms in total. The Hall–Kier alpha value is -6.12. The molecular formula is C45H52Cl2N8O10S. The van der Waals surface area contributed by atoms with Crippen molar-refractivity contribution in [3.63, 3.8) is 0 Å². The van der Waals surface area contributed by atoms with Gasteiger partial charge in [-0.3, -0.25) is 33.2 Å². The summed E-state index contributed by atoms with van der Waals surface area (Å²) in [5, 5.41) is 15.4. The number of nitrogens with one attached hydrogen (secondary N) is 4. The van der Waals surface area contributed by atoms with Crippen LogP contribution in [0.3, 0.4) is 0 Å². The molecule has 5 aromatic rings. The summed E-state index contributed by atoms with van der Waals surface area (Å²) in [4.78, 5) is 50.4. The third-order valence-electron chi connectivity index (χ3n) is 10.2. The smallest absolute Gasteiger partial charge is 0.328 e. The molecule has 2 heterocycles. The molecule has 4 aromatic carbocycles. The summed E-state index contributed by atoms with van der Waals surface area (Å²) in [5.41, 5.74) is 1.61. The number of anilines is 2. The quantitative estimate of drug-likeness (QED) is 0.0608. The van der Waals surface area contributed by atoms with Gasteiger partial charge in [0, 0.05) is 57.2 Å². The van der Waals surface area contributed by atoms with Crippen LogP contribution in [0.2, 0.25) is 10.0 Å². The second kappa shape index (κ2) is 22.9. The molecule has 3 amide bonds. The first-order valence-electron chi connectivity index (χ1n) is 21.2. The Morgan fingerprint density at radius 1 is 0.818 bits per heavy atom. The van der Waals surface area contributed by atoms with Crippen molar-refractivity contribution in [2.24, 2.45) is 25.1 Å². The van der Waals surface area contributed by atoms with Gasteiger partial charge in [0.1, 0.15) is 23.9 Å². The number of hydrogen-bond donors (Lipinski definition) is 4. The second-order valence-electron chi connectivity index (χ2n) is 15.3. The largest absolute Gasteiger partial charge is 0.493 e. The fraction of sp³-hybridized carbons (Fsp3) is 0.356. The Morgan fingerprint density at radius 2 is 1.56 bits per heavy atom. The molecule has 0 fully saturated rings. The number of fused-ring (bicyclic) bond motifs is 1. The van der Waals surface area contributed by atoms with Crippen LogP contribution in [-0.4, -0.2) is 93.8 Å². The van der Waals surface area contributed by atoms with E-state index in [0.717, 1.165) is 12.1 Å². The molecule has 1 aliphatic heterocycles. The average molecular weight is 968 g/mol. The predicted molar refractivity (Wildman–Crippen MR) is 252 cm³/mol. The lowest BCUT2D eigenvalue weighted by molar-refractivity contribution is -0.126. The van der Waals surface area contributed by atoms with E-state index in [1.54, 1.807) is 67.6 Å². The van der Waals surface area contributed by atoms with Crippen LogP contribution in [0.4, 0.5) is 11.4 Å². The lowest BCUT2D eigenvalue weighted by Gasteiger charge is -2.15. The Morgan fingerprint density at radius 3 is 2.33 bits per heavy atom. The summed E-state index contributed by atoms with van der Waals surface area (Å²) >= 11 is 12.2. The van der Waals surface area contributed by atoms with Crippen molar-refractivity contribution in [1.82, 2.24) is 25.1 Å². The first-order chi connectivity index (χ1) is 31.6. The molecule has 21 heteroatoms. The van der Waals surface area contributed by atoms with Crippen molar-refractivity contribution in [2.75, 3.05) is 62.4 Å². The predicted octanol–water partition coefficient (Wildman–Crippen LogP) is 5.81. The van der Waals surface area contributed by atoms with Gasteiger partial charge in [0.15, 0.2) is 5.75 Å². The van der Waals surface area contributed by atoms with Crippen molar-refractivity contribution in [3.05, 3.63) is 105 Å². The Balaban J connectivity index is 0.900. The molecule has 352 valence electrons. The van der Waals surface area contributed by atoms with Crippen LogP contribution in [-0.2, 0) is 43.2 Å². The molecule has 6 rings (SSSR count). The van der Waals surface area contributed by atoms with E-state index in [-0.39, 0.29) is 91.3 Å². The van der Waals surface area contributed by atoms with E-state index in [4.69, 9.17) is 42.1 Å². The Kier molecular flexibility index (Phi) is 17.1. The molecule has 0 spiro atoms. The number of hydrazone groups is 1. The van der Waals surface area contributed by atoms with Crippen LogP contribution in [0.1, 0.15) is 43.5 Å². The molecule has 4 N–H and O–H groups in total. The number of halogens is 2. The van der Waals surface area contributed by atoms with Gasteiger partial charge in [-0.1, -0.05) is 49.2 Å². The normalized spacial score (nSPS) is 13.6. The summed E-state index contributed by atoms with van der Waals surface area (Å²) < 4.78 is 55.8. The number of carbonyl (C=O) groups excluding carboxylic acids is 3. The highest BCUT2D eigenvalue weighted by Gasteiger charge is 2.26. The fourth-order valence-electron chi connectivity index (χ4n) is 6.70. The minimum atomic E-state index is -4.28. The van der Waals surface area contributed by atoms with E-state index in [0.29, 0.717) is 58.0 Å². The highest BCUT2D eigenvalue weighted by Crippen LogP contribution is 2.36. The maximum atomic E-state index is 13.8. The number of carbonyl (C=O) groups is 3. The average Bonchev–Trinajstić information content (AvgIpc) is 3.76. The van der Waals surface area contributed by atoms with Crippen molar-refractivity contribution >= 4 is 79.2 Å². The van der Waals surface area contributed by atoms with Crippen LogP contribution < -0.4 is 40.8 Å². The number of aryl methyl sites for hydroxylation is 2. The van der Waals surface area contributed by atoms with Crippen molar-refractivity contribution in [1.29, 1.82) is 0 Å². The van der Waals surface area contributed by atoms with Crippen LogP contribution in [0.15, 0.2) is 93.7 Å².